The van der Waals surface area contributed by atoms with Gasteiger partial charge in [-0.1, -0.05) is 0 Å². The molecule has 1 fully saturated rings. The van der Waals surface area contributed by atoms with E-state index in [1.165, 1.54) is 12.8 Å². The molecule has 3 atom stereocenters. The van der Waals surface area contributed by atoms with Crippen LogP contribution in [0, 0.1) is 0 Å². The molecule has 1 heterocycles. The van der Waals surface area contributed by atoms with Crippen molar-refractivity contribution in [1.29, 1.82) is 0 Å². The SMILES string of the molecule is COC(C)C(C)NC1CCCOC1. The van der Waals surface area contributed by atoms with Gasteiger partial charge in [-0.3, -0.25) is 0 Å². The van der Waals surface area contributed by atoms with Crippen molar-refractivity contribution in [1.82, 2.24) is 5.32 Å². The second kappa shape index (κ2) is 5.58. The van der Waals surface area contributed by atoms with Gasteiger partial charge in [-0.15, -0.1) is 0 Å². The van der Waals surface area contributed by atoms with Crippen LogP contribution < -0.4 is 5.32 Å². The number of hydrogen-bond donors (Lipinski definition) is 1. The van der Waals surface area contributed by atoms with Gasteiger partial charge in [0.15, 0.2) is 0 Å². The van der Waals surface area contributed by atoms with Gasteiger partial charge in [-0.05, 0) is 26.7 Å². The fraction of sp³-hybridized carbons (Fsp3) is 1.00. The van der Waals surface area contributed by atoms with Crippen LogP contribution in [-0.4, -0.2) is 38.5 Å². The van der Waals surface area contributed by atoms with Gasteiger partial charge in [0.05, 0.1) is 12.7 Å². The van der Waals surface area contributed by atoms with Crippen LogP contribution in [0.1, 0.15) is 26.7 Å². The summed E-state index contributed by atoms with van der Waals surface area (Å²) in [6, 6.07) is 0.915. The molecule has 1 aliphatic heterocycles. The van der Waals surface area contributed by atoms with E-state index in [9.17, 15) is 0 Å². The van der Waals surface area contributed by atoms with Crippen molar-refractivity contribution in [3.8, 4) is 0 Å². The summed E-state index contributed by atoms with van der Waals surface area (Å²) in [7, 11) is 1.75. The van der Waals surface area contributed by atoms with Crippen molar-refractivity contribution in [3.05, 3.63) is 0 Å². The van der Waals surface area contributed by atoms with Gasteiger partial charge >= 0.3 is 0 Å². The lowest BCUT2D eigenvalue weighted by Crippen LogP contribution is -2.46. The molecule has 0 aromatic carbocycles. The van der Waals surface area contributed by atoms with Gasteiger partial charge in [0.25, 0.3) is 0 Å². The highest BCUT2D eigenvalue weighted by molar-refractivity contribution is 4.76. The fourth-order valence-electron chi connectivity index (χ4n) is 1.58. The maximum atomic E-state index is 5.39. The van der Waals surface area contributed by atoms with E-state index in [0.29, 0.717) is 12.1 Å². The first-order valence-electron chi connectivity index (χ1n) is 5.10. The van der Waals surface area contributed by atoms with Crippen LogP contribution in [0.5, 0.6) is 0 Å². The Kier molecular flexibility index (Phi) is 4.70. The highest BCUT2D eigenvalue weighted by atomic mass is 16.5. The summed E-state index contributed by atoms with van der Waals surface area (Å²) in [5.41, 5.74) is 0. The Hall–Kier alpha value is -0.120. The van der Waals surface area contributed by atoms with E-state index in [4.69, 9.17) is 9.47 Å². The number of hydrogen-bond acceptors (Lipinski definition) is 3. The largest absolute Gasteiger partial charge is 0.380 e. The third kappa shape index (κ3) is 3.63. The molecular weight excluding hydrogens is 166 g/mol. The van der Waals surface area contributed by atoms with Crippen LogP contribution in [0.3, 0.4) is 0 Å². The second-order valence-electron chi connectivity index (χ2n) is 3.81. The predicted molar refractivity (Wildman–Crippen MR) is 52.9 cm³/mol. The lowest BCUT2D eigenvalue weighted by atomic mass is 10.1. The minimum atomic E-state index is 0.266. The van der Waals surface area contributed by atoms with E-state index in [2.05, 4.69) is 19.2 Å². The summed E-state index contributed by atoms with van der Waals surface area (Å²) in [5.74, 6) is 0. The maximum Gasteiger partial charge on any atom is 0.0693 e. The Balaban J connectivity index is 2.21. The fourth-order valence-corrected chi connectivity index (χ4v) is 1.58. The lowest BCUT2D eigenvalue weighted by molar-refractivity contribution is 0.0445. The molecule has 3 heteroatoms. The number of rotatable bonds is 4. The van der Waals surface area contributed by atoms with E-state index in [1.54, 1.807) is 7.11 Å². The highest BCUT2D eigenvalue weighted by Crippen LogP contribution is 2.08. The summed E-state index contributed by atoms with van der Waals surface area (Å²) in [6.45, 7) is 6.01. The minimum absolute atomic E-state index is 0.266. The standard InChI is InChI=1S/C10H21NO2/c1-8(9(2)12-3)11-10-5-4-6-13-7-10/h8-11H,4-7H2,1-3H3. The molecule has 1 aliphatic rings. The van der Waals surface area contributed by atoms with Crippen LogP contribution in [0.15, 0.2) is 0 Å². The molecule has 0 radical (unpaired) electrons. The number of ether oxygens (including phenoxy) is 2. The van der Waals surface area contributed by atoms with E-state index in [0.717, 1.165) is 13.2 Å². The Labute approximate surface area is 80.8 Å². The number of methoxy groups -OCH3 is 1. The zero-order valence-electron chi connectivity index (χ0n) is 8.88. The van der Waals surface area contributed by atoms with E-state index < -0.39 is 0 Å². The Morgan fingerprint density at radius 1 is 1.46 bits per heavy atom. The smallest absolute Gasteiger partial charge is 0.0693 e. The van der Waals surface area contributed by atoms with Gasteiger partial charge in [0, 0.05) is 25.8 Å². The van der Waals surface area contributed by atoms with Gasteiger partial charge in [0.1, 0.15) is 0 Å². The molecule has 13 heavy (non-hydrogen) atoms. The van der Waals surface area contributed by atoms with Crippen molar-refractivity contribution in [2.75, 3.05) is 20.3 Å². The monoisotopic (exact) mass is 187 g/mol. The molecule has 0 aromatic heterocycles. The molecule has 3 nitrogen and oxygen atoms in total. The molecule has 1 N–H and O–H groups in total. The zero-order valence-corrected chi connectivity index (χ0v) is 8.88. The van der Waals surface area contributed by atoms with Gasteiger partial charge in [-0.2, -0.15) is 0 Å². The van der Waals surface area contributed by atoms with Crippen molar-refractivity contribution >= 4 is 0 Å². The normalized spacial score (nSPS) is 28.4. The Morgan fingerprint density at radius 3 is 2.77 bits per heavy atom. The summed E-state index contributed by atoms with van der Waals surface area (Å²) in [6.07, 6.45) is 2.66. The second-order valence-corrected chi connectivity index (χ2v) is 3.81. The van der Waals surface area contributed by atoms with E-state index >= 15 is 0 Å². The Morgan fingerprint density at radius 2 is 2.23 bits per heavy atom. The zero-order chi connectivity index (χ0) is 9.68. The summed E-state index contributed by atoms with van der Waals surface area (Å²) < 4.78 is 10.6. The molecule has 0 amide bonds. The third-order valence-corrected chi connectivity index (χ3v) is 2.73. The van der Waals surface area contributed by atoms with Crippen LogP contribution in [0.2, 0.25) is 0 Å². The highest BCUT2D eigenvalue weighted by Gasteiger charge is 2.18. The molecule has 78 valence electrons. The lowest BCUT2D eigenvalue weighted by Gasteiger charge is -2.29. The quantitative estimate of drug-likeness (QED) is 0.717. The van der Waals surface area contributed by atoms with Gasteiger partial charge < -0.3 is 14.8 Å². The van der Waals surface area contributed by atoms with E-state index in [1.807, 2.05) is 0 Å². The first kappa shape index (κ1) is 11.0. The molecule has 1 saturated heterocycles. The van der Waals surface area contributed by atoms with Crippen LogP contribution >= 0.6 is 0 Å². The van der Waals surface area contributed by atoms with Crippen molar-refractivity contribution in [2.45, 2.75) is 44.9 Å². The van der Waals surface area contributed by atoms with Crippen molar-refractivity contribution in [3.63, 3.8) is 0 Å². The van der Waals surface area contributed by atoms with Crippen molar-refractivity contribution in [2.24, 2.45) is 0 Å². The molecule has 0 aromatic rings. The third-order valence-electron chi connectivity index (χ3n) is 2.73. The first-order chi connectivity index (χ1) is 6.24. The molecule has 0 saturated carbocycles. The molecule has 0 bridgehead atoms. The molecule has 1 rings (SSSR count). The van der Waals surface area contributed by atoms with E-state index in [-0.39, 0.29) is 6.10 Å². The van der Waals surface area contributed by atoms with Crippen LogP contribution in [-0.2, 0) is 9.47 Å². The predicted octanol–water partition coefficient (Wildman–Crippen LogP) is 1.18. The Bertz CT molecular complexity index is 135. The molecule has 3 unspecified atom stereocenters. The van der Waals surface area contributed by atoms with Crippen LogP contribution in [0.25, 0.3) is 0 Å². The summed E-state index contributed by atoms with van der Waals surface area (Å²) in [4.78, 5) is 0. The average molecular weight is 187 g/mol. The molecule has 0 aliphatic carbocycles. The minimum Gasteiger partial charge on any atom is -0.380 e. The van der Waals surface area contributed by atoms with Gasteiger partial charge in [-0.25, -0.2) is 0 Å². The summed E-state index contributed by atoms with van der Waals surface area (Å²) in [5, 5.41) is 3.52. The molecule has 0 spiro atoms. The average Bonchev–Trinajstić information content (AvgIpc) is 2.18. The summed E-state index contributed by atoms with van der Waals surface area (Å²) >= 11 is 0. The van der Waals surface area contributed by atoms with Crippen LogP contribution in [0.4, 0.5) is 0 Å². The molecular formula is C10H21NO2. The maximum absolute atomic E-state index is 5.39. The topological polar surface area (TPSA) is 30.5 Å². The first-order valence-corrected chi connectivity index (χ1v) is 5.10. The van der Waals surface area contributed by atoms with Crippen molar-refractivity contribution < 1.29 is 9.47 Å². The number of nitrogens with one attached hydrogen (secondary N) is 1. The van der Waals surface area contributed by atoms with Gasteiger partial charge in [0.2, 0.25) is 0 Å².